The Morgan fingerprint density at radius 1 is 1.09 bits per heavy atom. The van der Waals surface area contributed by atoms with E-state index in [0.717, 1.165) is 53.2 Å². The second-order valence-corrected chi connectivity index (χ2v) is 12.2. The van der Waals surface area contributed by atoms with Crippen molar-refractivity contribution in [1.29, 1.82) is 0 Å². The highest BCUT2D eigenvalue weighted by Gasteiger charge is 2.61. The maximum atomic E-state index is 10.1. The summed E-state index contributed by atoms with van der Waals surface area (Å²) in [7, 11) is 0. The van der Waals surface area contributed by atoms with E-state index in [1.807, 2.05) is 6.07 Å². The number of pyridine rings is 1. The van der Waals surface area contributed by atoms with Crippen molar-refractivity contribution in [3.63, 3.8) is 0 Å². The molecule has 7 rings (SSSR count). The van der Waals surface area contributed by atoms with Gasteiger partial charge in [0.2, 0.25) is 0 Å². The fraction of sp³-hybridized carbons (Fsp3) is 0.640. The van der Waals surface area contributed by atoms with Crippen LogP contribution in [0.4, 0.5) is 11.6 Å². The van der Waals surface area contributed by atoms with Gasteiger partial charge >= 0.3 is 0 Å². The molecule has 10 heteroatoms. The van der Waals surface area contributed by atoms with Gasteiger partial charge in [-0.3, -0.25) is 0 Å². The van der Waals surface area contributed by atoms with Gasteiger partial charge in [-0.05, 0) is 55.4 Å². The van der Waals surface area contributed by atoms with Crippen LogP contribution in [0.2, 0.25) is 0 Å². The highest BCUT2D eigenvalue weighted by atomic mass is 32.2. The smallest absolute Gasteiger partial charge is 0.175 e. The highest BCUT2D eigenvalue weighted by Crippen LogP contribution is 2.65. The van der Waals surface area contributed by atoms with Gasteiger partial charge in [0, 0.05) is 25.3 Å². The van der Waals surface area contributed by atoms with E-state index in [4.69, 9.17) is 25.2 Å². The number of aliphatic hydroxyl groups excluding tert-OH is 1. The normalized spacial score (nSPS) is 26.8. The number of nitrogens with two attached hydrogens (primary N) is 1. The van der Waals surface area contributed by atoms with Crippen molar-refractivity contribution in [2.45, 2.75) is 66.6 Å². The van der Waals surface area contributed by atoms with Gasteiger partial charge in [-0.2, -0.15) is 0 Å². The van der Waals surface area contributed by atoms with Gasteiger partial charge < -0.3 is 30.5 Å². The zero-order chi connectivity index (χ0) is 23.7. The predicted molar refractivity (Wildman–Crippen MR) is 132 cm³/mol. The monoisotopic (exact) mass is 496 g/mol. The molecule has 4 N–H and O–H groups in total. The van der Waals surface area contributed by atoms with Gasteiger partial charge in [0.15, 0.2) is 17.4 Å². The van der Waals surface area contributed by atoms with E-state index in [2.05, 4.69) is 15.2 Å². The molecule has 186 valence electrons. The first-order chi connectivity index (χ1) is 17.0. The maximum absolute atomic E-state index is 10.1. The highest BCUT2D eigenvalue weighted by molar-refractivity contribution is 7.99. The lowest BCUT2D eigenvalue weighted by molar-refractivity contribution is -0.0652. The first-order valence-electron chi connectivity index (χ1n) is 12.7. The van der Waals surface area contributed by atoms with Gasteiger partial charge in [-0.25, -0.2) is 15.0 Å². The number of ether oxygens (including phenoxy) is 2. The Labute approximate surface area is 209 Å². The number of nitrogens with one attached hydrogen (secondary N) is 1. The summed E-state index contributed by atoms with van der Waals surface area (Å²) in [6.45, 7) is 3.50. The zero-order valence-corrected chi connectivity index (χ0v) is 20.6. The minimum absolute atomic E-state index is 0.143. The quantitative estimate of drug-likeness (QED) is 0.583. The van der Waals surface area contributed by atoms with Gasteiger partial charge in [0.1, 0.15) is 22.9 Å². The first-order valence-corrected chi connectivity index (χ1v) is 13.5. The van der Waals surface area contributed by atoms with Crippen LogP contribution in [-0.2, 0) is 11.3 Å². The molecule has 2 saturated carbocycles. The molecular formula is C25H32N6O3S. The van der Waals surface area contributed by atoms with E-state index in [1.165, 1.54) is 37.4 Å². The lowest BCUT2D eigenvalue weighted by Crippen LogP contribution is -2.61. The van der Waals surface area contributed by atoms with Crippen LogP contribution in [0.1, 0.15) is 44.2 Å². The molecule has 2 aromatic rings. The number of aliphatic hydroxyl groups is 1. The molecule has 1 unspecified atom stereocenters. The largest absolute Gasteiger partial charge is 0.486 e. The second kappa shape index (κ2) is 7.93. The van der Waals surface area contributed by atoms with E-state index >= 15 is 0 Å². The third kappa shape index (κ3) is 3.52. The Morgan fingerprint density at radius 3 is 2.51 bits per heavy atom. The number of rotatable bonds is 4. The Morgan fingerprint density at radius 2 is 1.83 bits per heavy atom. The van der Waals surface area contributed by atoms with Crippen molar-refractivity contribution >= 4 is 23.4 Å². The Bertz CT molecular complexity index is 1150. The van der Waals surface area contributed by atoms with E-state index in [0.29, 0.717) is 37.0 Å². The van der Waals surface area contributed by atoms with Gasteiger partial charge in [-0.1, -0.05) is 11.8 Å². The fourth-order valence-electron chi connectivity index (χ4n) is 6.58. The average molecular weight is 497 g/mol. The minimum Gasteiger partial charge on any atom is -0.486 e. The number of anilines is 2. The van der Waals surface area contributed by atoms with Crippen molar-refractivity contribution in [1.82, 2.24) is 15.0 Å². The molecule has 0 aromatic carbocycles. The molecule has 3 spiro atoms. The van der Waals surface area contributed by atoms with Gasteiger partial charge in [0.25, 0.3) is 0 Å². The molecular weight excluding hydrogens is 464 g/mol. The number of nitrogens with zero attached hydrogens (tertiary/aromatic N) is 4. The Hall–Kier alpha value is -2.14. The molecule has 0 amide bonds. The van der Waals surface area contributed by atoms with E-state index in [1.54, 1.807) is 12.4 Å². The average Bonchev–Trinajstić information content (AvgIpc) is 3.62. The molecule has 5 heterocycles. The van der Waals surface area contributed by atoms with Crippen LogP contribution in [0.15, 0.2) is 28.4 Å². The predicted octanol–water partition coefficient (Wildman–Crippen LogP) is 2.58. The molecule has 4 fully saturated rings. The van der Waals surface area contributed by atoms with Crippen LogP contribution in [0.25, 0.3) is 0 Å². The molecule has 2 aromatic heterocycles. The maximum Gasteiger partial charge on any atom is 0.175 e. The van der Waals surface area contributed by atoms with Crippen LogP contribution < -0.4 is 20.7 Å². The SMILES string of the molecule is NC1C2(CCN(c3ncc(Sc4ccnc5c4OCC4(COC4)N5)nc3CO)CC2)CCC12CC2. The van der Waals surface area contributed by atoms with Crippen LogP contribution in [0.3, 0.4) is 0 Å². The van der Waals surface area contributed by atoms with Gasteiger partial charge in [0.05, 0.1) is 30.9 Å². The lowest BCUT2D eigenvalue weighted by atomic mass is 9.72. The summed E-state index contributed by atoms with van der Waals surface area (Å²) in [5.74, 6) is 2.26. The number of fused-ring (bicyclic) bond motifs is 1. The van der Waals surface area contributed by atoms with E-state index in [-0.39, 0.29) is 17.6 Å². The van der Waals surface area contributed by atoms with Crippen molar-refractivity contribution in [2.24, 2.45) is 16.6 Å². The van der Waals surface area contributed by atoms with Gasteiger partial charge in [-0.15, -0.1) is 0 Å². The van der Waals surface area contributed by atoms with Crippen molar-refractivity contribution in [2.75, 3.05) is 43.1 Å². The number of aromatic nitrogens is 3. The Balaban J connectivity index is 1.07. The Kier molecular flexibility index (Phi) is 5.00. The van der Waals surface area contributed by atoms with E-state index < -0.39 is 0 Å². The summed E-state index contributed by atoms with van der Waals surface area (Å²) in [5.41, 5.74) is 7.97. The first kappa shape index (κ1) is 22.1. The molecule has 0 radical (unpaired) electrons. The summed E-state index contributed by atoms with van der Waals surface area (Å²) in [4.78, 5) is 17.2. The second-order valence-electron chi connectivity index (χ2n) is 11.1. The van der Waals surface area contributed by atoms with Crippen LogP contribution in [-0.4, -0.2) is 64.5 Å². The summed E-state index contributed by atoms with van der Waals surface area (Å²) in [6.07, 6.45) is 11.0. The topological polar surface area (TPSA) is 119 Å². The van der Waals surface area contributed by atoms with E-state index in [9.17, 15) is 5.11 Å². The number of hydrogen-bond donors (Lipinski definition) is 3. The molecule has 5 aliphatic rings. The number of hydrogen-bond acceptors (Lipinski definition) is 10. The van der Waals surface area contributed by atoms with Crippen LogP contribution in [0, 0.1) is 10.8 Å². The van der Waals surface area contributed by atoms with Crippen LogP contribution in [0.5, 0.6) is 5.75 Å². The molecule has 1 atom stereocenters. The standard InChI is InChI=1S/C25H32N6O3S/c26-22-23(2-3-23)4-5-24(22)6-9-31(10-7-24)21-16(12-32)29-18(11-28-21)35-17-1-8-27-20-19(17)34-15-25(30-20)13-33-14-25/h1,8,11,22,32H,2-7,9-10,12-15,26H2,(H,27,30). The third-order valence-corrected chi connectivity index (χ3v) is 10.0. The lowest BCUT2D eigenvalue weighted by Gasteiger charge is -2.45. The molecule has 2 aliphatic carbocycles. The fourth-order valence-corrected chi connectivity index (χ4v) is 7.44. The summed E-state index contributed by atoms with van der Waals surface area (Å²) in [6, 6.07) is 2.27. The molecule has 3 aliphatic heterocycles. The summed E-state index contributed by atoms with van der Waals surface area (Å²) in [5, 5.41) is 14.3. The molecule has 2 saturated heterocycles. The molecule has 0 bridgehead atoms. The summed E-state index contributed by atoms with van der Waals surface area (Å²) >= 11 is 1.48. The van der Waals surface area contributed by atoms with Crippen molar-refractivity contribution < 1.29 is 14.6 Å². The number of piperidine rings is 1. The minimum atomic E-state index is -0.163. The molecule has 35 heavy (non-hydrogen) atoms. The van der Waals surface area contributed by atoms with Crippen LogP contribution >= 0.6 is 11.8 Å². The molecule has 9 nitrogen and oxygen atoms in total. The third-order valence-electron chi connectivity index (χ3n) is 9.06. The van der Waals surface area contributed by atoms with Crippen molar-refractivity contribution in [3.05, 3.63) is 24.2 Å². The van der Waals surface area contributed by atoms with Crippen molar-refractivity contribution in [3.8, 4) is 5.75 Å². The summed E-state index contributed by atoms with van der Waals surface area (Å²) < 4.78 is 11.5. The zero-order valence-electron chi connectivity index (χ0n) is 19.8.